The van der Waals surface area contributed by atoms with Gasteiger partial charge in [0.2, 0.25) is 0 Å². The molecule has 0 bridgehead atoms. The van der Waals surface area contributed by atoms with Crippen molar-refractivity contribution in [2.45, 2.75) is 13.3 Å². The Hall–Kier alpha value is -1.95. The highest BCUT2D eigenvalue weighted by atomic mass is 35.5. The molecule has 1 aromatic carbocycles. The Morgan fingerprint density at radius 1 is 1.48 bits per heavy atom. The Bertz CT molecular complexity index is 576. The number of benzene rings is 1. The van der Waals surface area contributed by atoms with Crippen LogP contribution in [0.3, 0.4) is 0 Å². The number of rotatable bonds is 3. The lowest BCUT2D eigenvalue weighted by Gasteiger charge is -2.18. The topological polar surface area (TPSA) is 78.9 Å². The van der Waals surface area contributed by atoms with Crippen LogP contribution in [-0.4, -0.2) is 42.2 Å². The van der Waals surface area contributed by atoms with Gasteiger partial charge in [-0.3, -0.25) is 0 Å². The van der Waals surface area contributed by atoms with Crippen LogP contribution in [0.25, 0.3) is 0 Å². The van der Waals surface area contributed by atoms with Crippen molar-refractivity contribution < 1.29 is 19.4 Å². The van der Waals surface area contributed by atoms with Gasteiger partial charge in [-0.1, -0.05) is 18.5 Å². The smallest absolute Gasteiger partial charge is 0.339 e. The monoisotopic (exact) mass is 312 g/mol. The van der Waals surface area contributed by atoms with Gasteiger partial charge in [-0.2, -0.15) is 0 Å². The Labute approximate surface area is 127 Å². The molecule has 1 fully saturated rings. The summed E-state index contributed by atoms with van der Waals surface area (Å²) < 4.78 is 5.02. The normalized spacial score (nSPS) is 17.7. The Kier molecular flexibility index (Phi) is 4.57. The van der Waals surface area contributed by atoms with E-state index in [1.54, 1.807) is 4.90 Å². The van der Waals surface area contributed by atoms with E-state index in [0.717, 1.165) is 6.42 Å². The van der Waals surface area contributed by atoms with Crippen LogP contribution in [0, 0.1) is 5.92 Å². The molecule has 1 aromatic rings. The number of methoxy groups -OCH3 is 1. The minimum absolute atomic E-state index is 0.0460. The van der Waals surface area contributed by atoms with E-state index < -0.39 is 5.97 Å². The molecule has 1 aliphatic rings. The molecule has 1 unspecified atom stereocenters. The van der Waals surface area contributed by atoms with E-state index in [9.17, 15) is 9.59 Å². The molecule has 0 radical (unpaired) electrons. The van der Waals surface area contributed by atoms with Gasteiger partial charge in [0.25, 0.3) is 0 Å². The van der Waals surface area contributed by atoms with Gasteiger partial charge in [-0.25, -0.2) is 9.59 Å². The number of carboxylic acid groups (broad SMARTS) is 1. The largest absolute Gasteiger partial charge is 0.496 e. The fraction of sp³-hybridized carbons (Fsp3) is 0.429. The first kappa shape index (κ1) is 15.4. The maximum atomic E-state index is 12.1. The van der Waals surface area contributed by atoms with E-state index >= 15 is 0 Å². The zero-order valence-corrected chi connectivity index (χ0v) is 12.6. The number of aromatic carboxylic acids is 1. The van der Waals surface area contributed by atoms with Crippen molar-refractivity contribution >= 4 is 29.3 Å². The fourth-order valence-electron chi connectivity index (χ4n) is 2.30. The first-order valence-electron chi connectivity index (χ1n) is 6.59. The molecule has 0 aliphatic carbocycles. The van der Waals surface area contributed by atoms with E-state index in [0.29, 0.717) is 24.7 Å². The van der Waals surface area contributed by atoms with E-state index in [2.05, 4.69) is 12.2 Å². The summed E-state index contributed by atoms with van der Waals surface area (Å²) in [5.41, 5.74) is 0.290. The zero-order valence-electron chi connectivity index (χ0n) is 11.9. The number of amides is 2. The molecule has 1 saturated heterocycles. The van der Waals surface area contributed by atoms with Gasteiger partial charge in [-0.15, -0.1) is 0 Å². The van der Waals surface area contributed by atoms with Crippen LogP contribution >= 0.6 is 11.6 Å². The molecule has 21 heavy (non-hydrogen) atoms. The van der Waals surface area contributed by atoms with Crippen LogP contribution in [0.1, 0.15) is 23.7 Å². The first-order chi connectivity index (χ1) is 9.92. The summed E-state index contributed by atoms with van der Waals surface area (Å²) in [6, 6.07) is 2.44. The number of carboxylic acids is 1. The highest BCUT2D eigenvalue weighted by Gasteiger charge is 2.24. The molecule has 0 saturated carbocycles. The molecule has 1 atom stereocenters. The van der Waals surface area contributed by atoms with Crippen LogP contribution in [0.5, 0.6) is 5.75 Å². The second-order valence-electron chi connectivity index (χ2n) is 5.11. The van der Waals surface area contributed by atoms with Gasteiger partial charge in [-0.05, 0) is 18.4 Å². The summed E-state index contributed by atoms with van der Waals surface area (Å²) in [4.78, 5) is 24.9. The molecular formula is C14H17ClN2O4. The maximum Gasteiger partial charge on any atom is 0.339 e. The highest BCUT2D eigenvalue weighted by Crippen LogP contribution is 2.31. The zero-order chi connectivity index (χ0) is 15.6. The number of hydrogen-bond acceptors (Lipinski definition) is 3. The second kappa shape index (κ2) is 6.22. The van der Waals surface area contributed by atoms with Crippen molar-refractivity contribution in [1.29, 1.82) is 0 Å². The SMILES string of the molecule is COc1cc(NC(=O)N2CCC(C)C2)c(Cl)cc1C(=O)O. The number of carbonyl (C=O) groups excluding carboxylic acids is 1. The van der Waals surface area contributed by atoms with E-state index in [4.69, 9.17) is 21.4 Å². The Morgan fingerprint density at radius 3 is 2.71 bits per heavy atom. The number of carbonyl (C=O) groups is 2. The molecular weight excluding hydrogens is 296 g/mol. The molecule has 0 aromatic heterocycles. The first-order valence-corrected chi connectivity index (χ1v) is 6.97. The van der Waals surface area contributed by atoms with Crippen LogP contribution in [-0.2, 0) is 0 Å². The number of hydrogen-bond donors (Lipinski definition) is 2. The number of nitrogens with zero attached hydrogens (tertiary/aromatic N) is 1. The highest BCUT2D eigenvalue weighted by molar-refractivity contribution is 6.34. The van der Waals surface area contributed by atoms with Crippen LogP contribution < -0.4 is 10.1 Å². The van der Waals surface area contributed by atoms with Gasteiger partial charge in [0, 0.05) is 19.2 Å². The van der Waals surface area contributed by atoms with Crippen LogP contribution in [0.15, 0.2) is 12.1 Å². The molecule has 1 aliphatic heterocycles. The predicted molar refractivity (Wildman–Crippen MR) is 79.3 cm³/mol. The molecule has 114 valence electrons. The van der Waals surface area contributed by atoms with E-state index in [-0.39, 0.29) is 22.4 Å². The van der Waals surface area contributed by atoms with Crippen molar-refractivity contribution in [3.8, 4) is 5.75 Å². The third-order valence-corrected chi connectivity index (χ3v) is 3.78. The number of nitrogens with one attached hydrogen (secondary N) is 1. The third-order valence-electron chi connectivity index (χ3n) is 3.47. The lowest BCUT2D eigenvalue weighted by atomic mass is 10.2. The standard InChI is InChI=1S/C14H17ClN2O4/c1-8-3-4-17(7-8)14(20)16-11-6-12(21-2)9(13(18)19)5-10(11)15/h5-6,8H,3-4,7H2,1-2H3,(H,16,20)(H,18,19). The summed E-state index contributed by atoms with van der Waals surface area (Å²) >= 11 is 6.03. The fourth-order valence-corrected chi connectivity index (χ4v) is 2.51. The van der Waals surface area contributed by atoms with Crippen molar-refractivity contribution in [2.24, 2.45) is 5.92 Å². The van der Waals surface area contributed by atoms with Crippen molar-refractivity contribution in [3.05, 3.63) is 22.7 Å². The summed E-state index contributed by atoms with van der Waals surface area (Å²) in [7, 11) is 1.36. The second-order valence-corrected chi connectivity index (χ2v) is 5.51. The molecule has 7 heteroatoms. The molecule has 2 rings (SSSR count). The summed E-state index contributed by atoms with van der Waals surface area (Å²) in [6.07, 6.45) is 0.975. The van der Waals surface area contributed by atoms with Crippen molar-refractivity contribution in [2.75, 3.05) is 25.5 Å². The Balaban J connectivity index is 2.20. The minimum atomic E-state index is -1.14. The molecule has 1 heterocycles. The van der Waals surface area contributed by atoms with Gasteiger partial charge in [0.05, 0.1) is 17.8 Å². The van der Waals surface area contributed by atoms with Gasteiger partial charge in [0.1, 0.15) is 11.3 Å². The van der Waals surface area contributed by atoms with E-state index in [1.165, 1.54) is 19.2 Å². The van der Waals surface area contributed by atoms with E-state index in [1.807, 2.05) is 0 Å². The third kappa shape index (κ3) is 3.39. The number of halogens is 1. The maximum absolute atomic E-state index is 12.1. The minimum Gasteiger partial charge on any atom is -0.496 e. The van der Waals surface area contributed by atoms with Crippen molar-refractivity contribution in [1.82, 2.24) is 4.90 Å². The lowest BCUT2D eigenvalue weighted by Crippen LogP contribution is -2.32. The number of anilines is 1. The molecule has 0 spiro atoms. The van der Waals surface area contributed by atoms with Crippen molar-refractivity contribution in [3.63, 3.8) is 0 Å². The number of ether oxygens (including phenoxy) is 1. The number of urea groups is 1. The molecule has 2 amide bonds. The summed E-state index contributed by atoms with van der Waals surface area (Å²) in [6.45, 7) is 3.49. The van der Waals surface area contributed by atoms with Crippen LogP contribution in [0.4, 0.5) is 10.5 Å². The average Bonchev–Trinajstić information content (AvgIpc) is 2.87. The quantitative estimate of drug-likeness (QED) is 0.899. The summed E-state index contributed by atoms with van der Waals surface area (Å²) in [5, 5.41) is 11.9. The number of likely N-dealkylation sites (tertiary alicyclic amines) is 1. The Morgan fingerprint density at radius 2 is 2.19 bits per heavy atom. The van der Waals surface area contributed by atoms with Gasteiger partial charge < -0.3 is 20.1 Å². The molecule has 2 N–H and O–H groups in total. The van der Waals surface area contributed by atoms with Gasteiger partial charge in [0.15, 0.2) is 0 Å². The average molecular weight is 313 g/mol. The summed E-state index contributed by atoms with van der Waals surface area (Å²) in [5.74, 6) is -0.507. The lowest BCUT2D eigenvalue weighted by molar-refractivity contribution is 0.0693. The predicted octanol–water partition coefficient (Wildman–Crippen LogP) is 2.92. The van der Waals surface area contributed by atoms with Gasteiger partial charge >= 0.3 is 12.0 Å². The molecule has 6 nitrogen and oxygen atoms in total. The van der Waals surface area contributed by atoms with Crippen LogP contribution in [0.2, 0.25) is 5.02 Å².